The molecule has 0 aliphatic heterocycles. The SMILES string of the molecule is Cc1ccc(CC(Br)c2cc(Br)sc2Br)nc1. The van der Waals surface area contributed by atoms with Crippen LogP contribution in [-0.4, -0.2) is 4.98 Å². The summed E-state index contributed by atoms with van der Waals surface area (Å²) in [6, 6.07) is 6.32. The van der Waals surface area contributed by atoms with E-state index in [9.17, 15) is 0 Å². The van der Waals surface area contributed by atoms with Gasteiger partial charge in [-0.1, -0.05) is 22.0 Å². The van der Waals surface area contributed by atoms with Gasteiger partial charge >= 0.3 is 0 Å². The quantitative estimate of drug-likeness (QED) is 0.562. The molecule has 0 N–H and O–H groups in total. The van der Waals surface area contributed by atoms with Crippen LogP contribution in [0, 0.1) is 6.92 Å². The predicted molar refractivity (Wildman–Crippen MR) is 84.1 cm³/mol. The van der Waals surface area contributed by atoms with Gasteiger partial charge in [0.15, 0.2) is 0 Å². The van der Waals surface area contributed by atoms with Crippen molar-refractivity contribution in [1.82, 2.24) is 4.98 Å². The summed E-state index contributed by atoms with van der Waals surface area (Å²) in [5.74, 6) is 0. The number of aryl methyl sites for hydroxylation is 1. The summed E-state index contributed by atoms with van der Waals surface area (Å²) in [7, 11) is 0. The number of alkyl halides is 1. The Balaban J connectivity index is 2.14. The first kappa shape index (κ1) is 13.7. The van der Waals surface area contributed by atoms with E-state index in [2.05, 4.69) is 77.9 Å². The van der Waals surface area contributed by atoms with E-state index < -0.39 is 0 Å². The number of thiophene rings is 1. The van der Waals surface area contributed by atoms with Crippen molar-refractivity contribution in [2.45, 2.75) is 18.2 Å². The van der Waals surface area contributed by atoms with Crippen LogP contribution in [-0.2, 0) is 6.42 Å². The molecule has 1 nitrogen and oxygen atoms in total. The van der Waals surface area contributed by atoms with Gasteiger partial charge in [-0.25, -0.2) is 0 Å². The highest BCUT2D eigenvalue weighted by Crippen LogP contribution is 2.39. The lowest BCUT2D eigenvalue weighted by molar-refractivity contribution is 0.903. The summed E-state index contributed by atoms with van der Waals surface area (Å²) >= 11 is 12.5. The molecule has 2 rings (SSSR count). The van der Waals surface area contributed by atoms with Crippen molar-refractivity contribution >= 4 is 59.1 Å². The maximum Gasteiger partial charge on any atom is 0.0753 e. The molecule has 0 aliphatic carbocycles. The molecule has 17 heavy (non-hydrogen) atoms. The molecule has 0 spiro atoms. The van der Waals surface area contributed by atoms with E-state index in [1.54, 1.807) is 11.3 Å². The first-order valence-corrected chi connectivity index (χ1v) is 8.38. The molecule has 0 aromatic carbocycles. The Kier molecular flexibility index (Phi) is 4.80. The Morgan fingerprint density at radius 1 is 1.35 bits per heavy atom. The van der Waals surface area contributed by atoms with E-state index in [0.29, 0.717) is 0 Å². The Morgan fingerprint density at radius 3 is 2.65 bits per heavy atom. The van der Waals surface area contributed by atoms with E-state index >= 15 is 0 Å². The van der Waals surface area contributed by atoms with Crippen LogP contribution >= 0.6 is 59.1 Å². The molecule has 5 heteroatoms. The summed E-state index contributed by atoms with van der Waals surface area (Å²) < 4.78 is 2.30. The zero-order chi connectivity index (χ0) is 12.4. The number of nitrogens with zero attached hydrogens (tertiary/aromatic N) is 1. The maximum atomic E-state index is 4.43. The van der Waals surface area contributed by atoms with E-state index in [1.807, 2.05) is 6.20 Å². The largest absolute Gasteiger partial charge is 0.261 e. The lowest BCUT2D eigenvalue weighted by Crippen LogP contribution is -1.97. The van der Waals surface area contributed by atoms with Crippen LogP contribution in [0.15, 0.2) is 32.0 Å². The number of aromatic nitrogens is 1. The van der Waals surface area contributed by atoms with Gasteiger partial charge < -0.3 is 0 Å². The van der Waals surface area contributed by atoms with Crippen molar-refractivity contribution < 1.29 is 0 Å². The molecule has 0 aliphatic rings. The molecule has 1 atom stereocenters. The van der Waals surface area contributed by atoms with Crippen molar-refractivity contribution in [3.63, 3.8) is 0 Å². The van der Waals surface area contributed by atoms with Crippen molar-refractivity contribution in [2.24, 2.45) is 0 Å². The minimum absolute atomic E-state index is 0.287. The van der Waals surface area contributed by atoms with Crippen LogP contribution in [0.25, 0.3) is 0 Å². The van der Waals surface area contributed by atoms with Crippen molar-refractivity contribution in [2.75, 3.05) is 0 Å². The first-order chi connectivity index (χ1) is 8.06. The third kappa shape index (κ3) is 3.63. The maximum absolute atomic E-state index is 4.43. The van der Waals surface area contributed by atoms with E-state index in [1.165, 1.54) is 14.9 Å². The zero-order valence-corrected chi connectivity index (χ0v) is 14.7. The summed E-state index contributed by atoms with van der Waals surface area (Å²) in [4.78, 5) is 4.71. The van der Waals surface area contributed by atoms with Gasteiger partial charge in [0.05, 0.1) is 7.57 Å². The molecular weight excluding hydrogens is 430 g/mol. The standard InChI is InChI=1S/C12H10Br3NS/c1-7-2-3-8(16-6-7)4-10(13)9-5-11(14)17-12(9)15/h2-3,5-6,10H,4H2,1H3. The fraction of sp³-hybridized carbons (Fsp3) is 0.250. The monoisotopic (exact) mass is 437 g/mol. The van der Waals surface area contributed by atoms with Crippen LogP contribution in [0.5, 0.6) is 0 Å². The highest BCUT2D eigenvalue weighted by molar-refractivity contribution is 9.12. The highest BCUT2D eigenvalue weighted by Gasteiger charge is 2.15. The van der Waals surface area contributed by atoms with Crippen molar-refractivity contribution in [1.29, 1.82) is 0 Å². The zero-order valence-electron chi connectivity index (χ0n) is 9.08. The van der Waals surface area contributed by atoms with Crippen molar-refractivity contribution in [3.05, 3.63) is 48.8 Å². The number of pyridine rings is 1. The molecule has 0 bridgehead atoms. The van der Waals surface area contributed by atoms with E-state index in [0.717, 1.165) is 15.9 Å². The summed E-state index contributed by atoms with van der Waals surface area (Å²) in [6.07, 6.45) is 2.80. The Morgan fingerprint density at radius 2 is 2.12 bits per heavy atom. The normalized spacial score (nSPS) is 12.7. The number of halogens is 3. The van der Waals surface area contributed by atoms with Crippen LogP contribution in [0.1, 0.15) is 21.6 Å². The Labute approximate surface area is 130 Å². The molecule has 2 aromatic heterocycles. The molecular formula is C12H10Br3NS. The van der Waals surface area contributed by atoms with Gasteiger partial charge in [-0.3, -0.25) is 4.98 Å². The molecule has 2 aromatic rings. The van der Waals surface area contributed by atoms with Gasteiger partial charge in [0.1, 0.15) is 0 Å². The molecule has 1 unspecified atom stereocenters. The lowest BCUT2D eigenvalue weighted by atomic mass is 10.1. The van der Waals surface area contributed by atoms with E-state index in [-0.39, 0.29) is 4.83 Å². The highest BCUT2D eigenvalue weighted by atomic mass is 79.9. The molecule has 0 saturated carbocycles. The molecule has 0 fully saturated rings. The Bertz CT molecular complexity index is 507. The predicted octanol–water partition coefficient (Wildman–Crippen LogP) is 5.66. The number of hydrogen-bond acceptors (Lipinski definition) is 2. The lowest BCUT2D eigenvalue weighted by Gasteiger charge is -2.08. The second kappa shape index (κ2) is 5.95. The third-order valence-corrected chi connectivity index (χ3v) is 5.58. The fourth-order valence-corrected chi connectivity index (χ4v) is 5.60. The molecule has 0 amide bonds. The van der Waals surface area contributed by atoms with Crippen LogP contribution in [0.3, 0.4) is 0 Å². The first-order valence-electron chi connectivity index (χ1n) is 5.06. The second-order valence-corrected chi connectivity index (χ2v) is 8.63. The van der Waals surface area contributed by atoms with Gasteiger partial charge in [0, 0.05) is 23.1 Å². The van der Waals surface area contributed by atoms with Gasteiger partial charge in [-0.2, -0.15) is 0 Å². The second-order valence-electron chi connectivity index (χ2n) is 3.78. The summed E-state index contributed by atoms with van der Waals surface area (Å²) in [5.41, 5.74) is 3.57. The van der Waals surface area contributed by atoms with Gasteiger partial charge in [-0.15, -0.1) is 11.3 Å². The number of rotatable bonds is 3. The molecule has 90 valence electrons. The van der Waals surface area contributed by atoms with Crippen molar-refractivity contribution in [3.8, 4) is 0 Å². The average molecular weight is 440 g/mol. The molecule has 0 saturated heterocycles. The summed E-state index contributed by atoms with van der Waals surface area (Å²) in [5, 5.41) is 0. The van der Waals surface area contributed by atoms with Gasteiger partial charge in [-0.05, 0) is 62.0 Å². The minimum atomic E-state index is 0.287. The topological polar surface area (TPSA) is 12.9 Å². The van der Waals surface area contributed by atoms with Gasteiger partial charge in [0.25, 0.3) is 0 Å². The van der Waals surface area contributed by atoms with Crippen LogP contribution in [0.2, 0.25) is 0 Å². The van der Waals surface area contributed by atoms with Gasteiger partial charge in [0.2, 0.25) is 0 Å². The summed E-state index contributed by atoms with van der Waals surface area (Å²) in [6.45, 7) is 2.05. The third-order valence-electron chi connectivity index (χ3n) is 2.38. The van der Waals surface area contributed by atoms with Crippen LogP contribution < -0.4 is 0 Å². The Hall–Kier alpha value is 0.290. The average Bonchev–Trinajstić information content (AvgIpc) is 2.61. The smallest absolute Gasteiger partial charge is 0.0753 e. The van der Waals surface area contributed by atoms with E-state index in [4.69, 9.17) is 0 Å². The minimum Gasteiger partial charge on any atom is -0.261 e. The van der Waals surface area contributed by atoms with Crippen LogP contribution in [0.4, 0.5) is 0 Å². The number of hydrogen-bond donors (Lipinski definition) is 0. The fourth-order valence-electron chi connectivity index (χ4n) is 1.48. The molecule has 0 radical (unpaired) electrons. The molecule has 2 heterocycles.